The number of nitrogens with one attached hydrogen (secondary N) is 2. The number of carbonyl (C=O) groups excluding carboxylic acids is 1. The van der Waals surface area contributed by atoms with Crippen LogP contribution in [0.4, 0.5) is 23.7 Å². The molecule has 2 aromatic rings. The Kier molecular flexibility index (Phi) is 5.90. The Balaban J connectivity index is 1.48. The number of halogens is 3. The van der Waals surface area contributed by atoms with E-state index in [-0.39, 0.29) is 12.1 Å². The van der Waals surface area contributed by atoms with E-state index in [4.69, 9.17) is 6.42 Å². The predicted molar refractivity (Wildman–Crippen MR) is 102 cm³/mol. The summed E-state index contributed by atoms with van der Waals surface area (Å²) in [7, 11) is 0. The van der Waals surface area contributed by atoms with Crippen LogP contribution in [0.5, 0.6) is 0 Å². The Morgan fingerprint density at radius 2 is 1.96 bits per heavy atom. The normalized spacial score (nSPS) is 17.1. The van der Waals surface area contributed by atoms with Gasteiger partial charge in [-0.25, -0.2) is 4.79 Å². The first kappa shape index (κ1) is 19.8. The highest BCUT2D eigenvalue weighted by atomic mass is 19.4. The third-order valence-corrected chi connectivity index (χ3v) is 4.58. The summed E-state index contributed by atoms with van der Waals surface area (Å²) in [5.41, 5.74) is 1.46. The minimum Gasteiger partial charge on any atom is -0.334 e. The predicted octanol–water partition coefficient (Wildman–Crippen LogP) is 4.08. The van der Waals surface area contributed by atoms with Crippen LogP contribution < -0.4 is 10.6 Å². The van der Waals surface area contributed by atoms with Gasteiger partial charge in [0.1, 0.15) is 0 Å². The van der Waals surface area contributed by atoms with E-state index in [1.54, 1.807) is 24.3 Å². The molecule has 1 aliphatic rings. The maximum atomic E-state index is 12.6. The number of amides is 2. The number of nitrogens with zero attached hydrogens (tertiary/aromatic N) is 1. The maximum absolute atomic E-state index is 12.6. The van der Waals surface area contributed by atoms with Gasteiger partial charge in [-0.05, 0) is 42.3 Å². The summed E-state index contributed by atoms with van der Waals surface area (Å²) in [4.78, 5) is 14.3. The molecule has 4 nitrogen and oxygen atoms in total. The molecule has 28 heavy (non-hydrogen) atoms. The molecule has 3 rings (SSSR count). The topological polar surface area (TPSA) is 44.4 Å². The van der Waals surface area contributed by atoms with Gasteiger partial charge in [-0.3, -0.25) is 4.90 Å². The summed E-state index contributed by atoms with van der Waals surface area (Å²) in [6.45, 7) is 1.94. The quantitative estimate of drug-likeness (QED) is 0.777. The van der Waals surface area contributed by atoms with Crippen molar-refractivity contribution in [1.82, 2.24) is 10.2 Å². The molecule has 0 spiro atoms. The van der Waals surface area contributed by atoms with Gasteiger partial charge in [-0.15, -0.1) is 6.42 Å². The molecule has 0 aliphatic carbocycles. The summed E-state index contributed by atoms with van der Waals surface area (Å²) < 4.78 is 37.9. The third-order valence-electron chi connectivity index (χ3n) is 4.58. The summed E-state index contributed by atoms with van der Waals surface area (Å²) >= 11 is 0. The summed E-state index contributed by atoms with van der Waals surface area (Å²) in [5.74, 6) is 2.51. The molecule has 2 N–H and O–H groups in total. The molecular formula is C21H20F3N3O. The lowest BCUT2D eigenvalue weighted by Crippen LogP contribution is -2.39. The van der Waals surface area contributed by atoms with Crippen molar-refractivity contribution >= 4 is 11.7 Å². The van der Waals surface area contributed by atoms with Gasteiger partial charge in [0, 0.05) is 36.9 Å². The second-order valence-electron chi connectivity index (χ2n) is 6.74. The molecule has 1 fully saturated rings. The Labute approximate surface area is 161 Å². The standard InChI is InChI=1S/C21H20F3N3O/c1-2-15-4-3-5-18(12-15)25-20(28)26-19-10-11-27(14-19)13-16-6-8-17(9-7-16)21(22,23)24/h1,3-9,12,19H,10-11,13-14H2,(H2,25,26,28)/t19-/m1/s1. The third kappa shape index (κ3) is 5.27. The lowest BCUT2D eigenvalue weighted by Gasteiger charge is -2.17. The molecule has 2 aromatic carbocycles. The average Bonchev–Trinajstić information content (AvgIpc) is 3.08. The number of terminal acetylenes is 1. The fraction of sp³-hybridized carbons (Fsp3) is 0.286. The zero-order valence-electron chi connectivity index (χ0n) is 15.1. The van der Waals surface area contributed by atoms with Crippen LogP contribution in [0.25, 0.3) is 0 Å². The van der Waals surface area contributed by atoms with Crippen LogP contribution in [0.1, 0.15) is 23.1 Å². The second-order valence-corrected chi connectivity index (χ2v) is 6.74. The van der Waals surface area contributed by atoms with Crippen LogP contribution in [0, 0.1) is 12.3 Å². The van der Waals surface area contributed by atoms with Crippen molar-refractivity contribution in [3.8, 4) is 12.3 Å². The van der Waals surface area contributed by atoms with Crippen molar-refractivity contribution in [2.45, 2.75) is 25.2 Å². The molecule has 0 unspecified atom stereocenters. The minimum absolute atomic E-state index is 0.0229. The van der Waals surface area contributed by atoms with Crippen LogP contribution in [0.15, 0.2) is 48.5 Å². The average molecular weight is 387 g/mol. The van der Waals surface area contributed by atoms with Gasteiger partial charge in [-0.2, -0.15) is 13.2 Å². The second kappa shape index (κ2) is 8.36. The summed E-state index contributed by atoms with van der Waals surface area (Å²) in [5, 5.41) is 5.68. The number of rotatable bonds is 4. The first-order chi connectivity index (χ1) is 13.3. The van der Waals surface area contributed by atoms with E-state index in [0.717, 1.165) is 30.7 Å². The zero-order valence-corrected chi connectivity index (χ0v) is 15.1. The van der Waals surface area contributed by atoms with E-state index < -0.39 is 11.7 Å². The summed E-state index contributed by atoms with van der Waals surface area (Å²) in [6, 6.07) is 11.9. The van der Waals surface area contributed by atoms with Gasteiger partial charge in [0.25, 0.3) is 0 Å². The van der Waals surface area contributed by atoms with E-state index >= 15 is 0 Å². The van der Waals surface area contributed by atoms with Crippen molar-refractivity contribution in [3.05, 3.63) is 65.2 Å². The Morgan fingerprint density at radius 1 is 1.21 bits per heavy atom. The Bertz CT molecular complexity index is 872. The van der Waals surface area contributed by atoms with E-state index in [0.29, 0.717) is 24.3 Å². The molecule has 1 atom stereocenters. The number of anilines is 1. The molecule has 0 saturated carbocycles. The monoisotopic (exact) mass is 387 g/mol. The van der Waals surface area contributed by atoms with Crippen LogP contribution >= 0.6 is 0 Å². The molecule has 0 aromatic heterocycles. The highest BCUT2D eigenvalue weighted by molar-refractivity contribution is 5.89. The summed E-state index contributed by atoms with van der Waals surface area (Å²) in [6.07, 6.45) is 1.80. The molecule has 1 saturated heterocycles. The Morgan fingerprint density at radius 3 is 2.64 bits per heavy atom. The molecule has 2 amide bonds. The number of urea groups is 1. The molecular weight excluding hydrogens is 367 g/mol. The van der Waals surface area contributed by atoms with Crippen molar-refractivity contribution in [1.29, 1.82) is 0 Å². The zero-order chi connectivity index (χ0) is 20.1. The van der Waals surface area contributed by atoms with E-state index in [9.17, 15) is 18.0 Å². The first-order valence-corrected chi connectivity index (χ1v) is 8.86. The molecule has 0 radical (unpaired) electrons. The van der Waals surface area contributed by atoms with Crippen molar-refractivity contribution in [2.24, 2.45) is 0 Å². The fourth-order valence-electron chi connectivity index (χ4n) is 3.19. The number of hydrogen-bond donors (Lipinski definition) is 2. The maximum Gasteiger partial charge on any atom is 0.416 e. The van der Waals surface area contributed by atoms with Gasteiger partial charge in [0.05, 0.1) is 5.56 Å². The van der Waals surface area contributed by atoms with Gasteiger partial charge in [-0.1, -0.05) is 24.1 Å². The minimum atomic E-state index is -4.33. The molecule has 0 bridgehead atoms. The van der Waals surface area contributed by atoms with Gasteiger partial charge < -0.3 is 10.6 Å². The highest BCUT2D eigenvalue weighted by Crippen LogP contribution is 2.29. The number of carbonyl (C=O) groups is 1. The SMILES string of the molecule is C#Cc1cccc(NC(=O)N[C@@H]2CCN(Cc3ccc(C(F)(F)F)cc3)C2)c1. The van der Waals surface area contributed by atoms with E-state index in [1.807, 2.05) is 0 Å². The van der Waals surface area contributed by atoms with Crippen molar-refractivity contribution in [3.63, 3.8) is 0 Å². The lowest BCUT2D eigenvalue weighted by atomic mass is 10.1. The molecule has 1 heterocycles. The van der Waals surface area contributed by atoms with E-state index in [2.05, 4.69) is 21.5 Å². The van der Waals surface area contributed by atoms with E-state index in [1.165, 1.54) is 12.1 Å². The molecule has 146 valence electrons. The largest absolute Gasteiger partial charge is 0.416 e. The van der Waals surface area contributed by atoms with Crippen molar-refractivity contribution in [2.75, 3.05) is 18.4 Å². The van der Waals surface area contributed by atoms with Crippen LogP contribution in [-0.2, 0) is 12.7 Å². The van der Waals surface area contributed by atoms with Gasteiger partial charge in [0.2, 0.25) is 0 Å². The molecule has 7 heteroatoms. The van der Waals surface area contributed by atoms with Crippen LogP contribution in [0.2, 0.25) is 0 Å². The smallest absolute Gasteiger partial charge is 0.334 e. The van der Waals surface area contributed by atoms with Crippen LogP contribution in [0.3, 0.4) is 0 Å². The number of alkyl halides is 3. The molecule has 1 aliphatic heterocycles. The number of benzene rings is 2. The lowest BCUT2D eigenvalue weighted by molar-refractivity contribution is -0.137. The number of likely N-dealkylation sites (tertiary alicyclic amines) is 1. The van der Waals surface area contributed by atoms with Gasteiger partial charge >= 0.3 is 12.2 Å². The number of hydrogen-bond acceptors (Lipinski definition) is 2. The van der Waals surface area contributed by atoms with Crippen LogP contribution in [-0.4, -0.2) is 30.1 Å². The fourth-order valence-corrected chi connectivity index (χ4v) is 3.19. The highest BCUT2D eigenvalue weighted by Gasteiger charge is 2.30. The van der Waals surface area contributed by atoms with Crippen molar-refractivity contribution < 1.29 is 18.0 Å². The van der Waals surface area contributed by atoms with Gasteiger partial charge in [0.15, 0.2) is 0 Å². The Hall–Kier alpha value is -2.98. The first-order valence-electron chi connectivity index (χ1n) is 8.86.